The highest BCUT2D eigenvalue weighted by Gasteiger charge is 2.36. The molecule has 0 aliphatic carbocycles. The minimum Gasteiger partial charge on any atom is -0.399 e. The Morgan fingerprint density at radius 2 is 2.05 bits per heavy atom. The van der Waals surface area contributed by atoms with Gasteiger partial charge in [0.1, 0.15) is 6.04 Å². The summed E-state index contributed by atoms with van der Waals surface area (Å²) in [5.41, 5.74) is 12.8. The van der Waals surface area contributed by atoms with Gasteiger partial charge < -0.3 is 16.4 Å². The molecule has 2 rings (SSSR count). The Labute approximate surface area is 112 Å². The predicted octanol–water partition coefficient (Wildman–Crippen LogP) is 0.849. The molecule has 1 heterocycles. The van der Waals surface area contributed by atoms with Gasteiger partial charge in [-0.2, -0.15) is 0 Å². The number of benzene rings is 1. The average Bonchev–Trinajstić information content (AvgIpc) is 2.73. The summed E-state index contributed by atoms with van der Waals surface area (Å²) in [6, 6.07) is 7.03. The smallest absolute Gasteiger partial charge is 0.240 e. The van der Waals surface area contributed by atoms with Crippen LogP contribution in [0.2, 0.25) is 0 Å². The van der Waals surface area contributed by atoms with Crippen molar-refractivity contribution in [3.8, 4) is 0 Å². The van der Waals surface area contributed by atoms with Crippen molar-refractivity contribution in [2.45, 2.75) is 31.7 Å². The molecule has 5 heteroatoms. The number of anilines is 1. The Balaban J connectivity index is 2.15. The second-order valence-corrected chi connectivity index (χ2v) is 4.94. The first-order valence-electron chi connectivity index (χ1n) is 6.47. The molecule has 4 N–H and O–H groups in total. The molecule has 1 aliphatic rings. The molecule has 1 unspecified atom stereocenters. The van der Waals surface area contributed by atoms with Gasteiger partial charge in [0.25, 0.3) is 0 Å². The van der Waals surface area contributed by atoms with Crippen LogP contribution < -0.4 is 11.5 Å². The van der Waals surface area contributed by atoms with Gasteiger partial charge in [-0.15, -0.1) is 0 Å². The van der Waals surface area contributed by atoms with Crippen molar-refractivity contribution in [3.63, 3.8) is 0 Å². The van der Waals surface area contributed by atoms with E-state index in [-0.39, 0.29) is 11.8 Å². The second-order valence-electron chi connectivity index (χ2n) is 4.94. The molecule has 0 saturated carbocycles. The van der Waals surface area contributed by atoms with Gasteiger partial charge in [0, 0.05) is 24.6 Å². The van der Waals surface area contributed by atoms with Crippen LogP contribution in [0.4, 0.5) is 5.69 Å². The minimum absolute atomic E-state index is 0.00697. The zero-order valence-corrected chi connectivity index (χ0v) is 11.0. The fourth-order valence-electron chi connectivity index (χ4n) is 2.60. The summed E-state index contributed by atoms with van der Waals surface area (Å²) in [6.45, 7) is 2.41. The number of hydrogen-bond donors (Lipinski definition) is 2. The number of nitrogens with zero attached hydrogens (tertiary/aromatic N) is 1. The molecule has 5 nitrogen and oxygen atoms in total. The van der Waals surface area contributed by atoms with Crippen LogP contribution in [-0.4, -0.2) is 29.3 Å². The number of carbonyl (C=O) groups is 2. The van der Waals surface area contributed by atoms with E-state index in [0.717, 1.165) is 5.56 Å². The molecule has 0 spiro atoms. The minimum atomic E-state index is -0.494. The predicted molar refractivity (Wildman–Crippen MR) is 73.2 cm³/mol. The number of carbonyl (C=O) groups excluding carboxylic acids is 2. The Hall–Kier alpha value is -2.04. The van der Waals surface area contributed by atoms with Crippen molar-refractivity contribution >= 4 is 17.5 Å². The van der Waals surface area contributed by atoms with Gasteiger partial charge >= 0.3 is 0 Å². The highest BCUT2D eigenvalue weighted by Crippen LogP contribution is 2.30. The van der Waals surface area contributed by atoms with E-state index < -0.39 is 11.9 Å². The van der Waals surface area contributed by atoms with Gasteiger partial charge in [0.15, 0.2) is 0 Å². The molecule has 1 saturated heterocycles. The number of likely N-dealkylation sites (tertiary alicyclic amines) is 1. The fourth-order valence-corrected chi connectivity index (χ4v) is 2.60. The maximum absolute atomic E-state index is 12.0. The van der Waals surface area contributed by atoms with Crippen LogP contribution in [-0.2, 0) is 9.59 Å². The van der Waals surface area contributed by atoms with Crippen LogP contribution in [0.3, 0.4) is 0 Å². The van der Waals surface area contributed by atoms with Gasteiger partial charge in [-0.05, 0) is 24.1 Å². The van der Waals surface area contributed by atoms with E-state index in [4.69, 9.17) is 11.5 Å². The Morgan fingerprint density at radius 1 is 1.42 bits per heavy atom. The zero-order valence-electron chi connectivity index (χ0n) is 11.0. The SMILES string of the molecule is CC[C@@H](C(N)=O)N1CC(c2ccc(N)cc2)CC1=O. The first-order chi connectivity index (χ1) is 9.02. The van der Waals surface area contributed by atoms with E-state index in [1.54, 1.807) is 4.90 Å². The molecule has 1 aromatic rings. The maximum atomic E-state index is 12.0. The number of primary amides is 1. The quantitative estimate of drug-likeness (QED) is 0.787. The summed E-state index contributed by atoms with van der Waals surface area (Å²) in [6.07, 6.45) is 0.975. The summed E-state index contributed by atoms with van der Waals surface area (Å²) in [4.78, 5) is 25.0. The number of amides is 2. The van der Waals surface area contributed by atoms with Crippen molar-refractivity contribution in [1.29, 1.82) is 0 Å². The first-order valence-corrected chi connectivity index (χ1v) is 6.47. The number of nitrogens with two attached hydrogens (primary N) is 2. The molecule has 1 fully saturated rings. The molecule has 2 amide bonds. The molecule has 0 radical (unpaired) electrons. The standard InChI is InChI=1S/C14H19N3O2/c1-2-12(14(16)19)17-8-10(7-13(17)18)9-3-5-11(15)6-4-9/h3-6,10,12H,2,7-8,15H2,1H3,(H2,16,19)/t10?,12-/m0/s1. The molecular formula is C14H19N3O2. The summed E-state index contributed by atoms with van der Waals surface area (Å²) < 4.78 is 0. The van der Waals surface area contributed by atoms with Crippen LogP contribution >= 0.6 is 0 Å². The number of nitrogen functional groups attached to an aromatic ring is 1. The van der Waals surface area contributed by atoms with Crippen molar-refractivity contribution in [2.24, 2.45) is 5.73 Å². The van der Waals surface area contributed by atoms with Gasteiger partial charge in [-0.25, -0.2) is 0 Å². The molecule has 19 heavy (non-hydrogen) atoms. The van der Waals surface area contributed by atoms with Crippen LogP contribution in [0.5, 0.6) is 0 Å². The summed E-state index contributed by atoms with van der Waals surface area (Å²) in [5, 5.41) is 0. The molecular weight excluding hydrogens is 242 g/mol. The van der Waals surface area contributed by atoms with Gasteiger partial charge in [0.05, 0.1) is 0 Å². The van der Waals surface area contributed by atoms with Gasteiger partial charge in [0.2, 0.25) is 11.8 Å². The fraction of sp³-hybridized carbons (Fsp3) is 0.429. The highest BCUT2D eigenvalue weighted by atomic mass is 16.2. The second kappa shape index (κ2) is 5.30. The van der Waals surface area contributed by atoms with Gasteiger partial charge in [-0.3, -0.25) is 9.59 Å². The molecule has 0 bridgehead atoms. The van der Waals surface area contributed by atoms with E-state index in [2.05, 4.69) is 0 Å². The third-order valence-corrected chi connectivity index (χ3v) is 3.66. The molecule has 102 valence electrons. The lowest BCUT2D eigenvalue weighted by Gasteiger charge is -2.24. The lowest BCUT2D eigenvalue weighted by molar-refractivity contribution is -0.136. The monoisotopic (exact) mass is 261 g/mol. The van der Waals surface area contributed by atoms with E-state index in [1.807, 2.05) is 31.2 Å². The summed E-state index contributed by atoms with van der Waals surface area (Å²) in [5.74, 6) is -0.331. The third-order valence-electron chi connectivity index (χ3n) is 3.66. The lowest BCUT2D eigenvalue weighted by atomic mass is 9.98. The van der Waals surface area contributed by atoms with Crippen LogP contribution in [0.15, 0.2) is 24.3 Å². The molecule has 2 atom stereocenters. The Morgan fingerprint density at radius 3 is 2.58 bits per heavy atom. The molecule has 0 aromatic heterocycles. The van der Waals surface area contributed by atoms with E-state index in [1.165, 1.54) is 0 Å². The van der Waals surface area contributed by atoms with E-state index in [9.17, 15) is 9.59 Å². The molecule has 1 aliphatic heterocycles. The third kappa shape index (κ3) is 2.70. The maximum Gasteiger partial charge on any atom is 0.240 e. The van der Waals surface area contributed by atoms with Crippen molar-refractivity contribution < 1.29 is 9.59 Å². The highest BCUT2D eigenvalue weighted by molar-refractivity contribution is 5.88. The normalized spacial score (nSPS) is 20.6. The van der Waals surface area contributed by atoms with Crippen LogP contribution in [0.1, 0.15) is 31.2 Å². The topological polar surface area (TPSA) is 89.4 Å². The van der Waals surface area contributed by atoms with Crippen molar-refractivity contribution in [3.05, 3.63) is 29.8 Å². The largest absolute Gasteiger partial charge is 0.399 e. The molecule has 1 aromatic carbocycles. The lowest BCUT2D eigenvalue weighted by Crippen LogP contribution is -2.45. The summed E-state index contributed by atoms with van der Waals surface area (Å²) in [7, 11) is 0. The number of rotatable bonds is 4. The van der Waals surface area contributed by atoms with Gasteiger partial charge in [-0.1, -0.05) is 19.1 Å². The average molecular weight is 261 g/mol. The number of hydrogen-bond acceptors (Lipinski definition) is 3. The van der Waals surface area contributed by atoms with Crippen molar-refractivity contribution in [2.75, 3.05) is 12.3 Å². The Kier molecular flexibility index (Phi) is 3.74. The summed E-state index contributed by atoms with van der Waals surface area (Å²) >= 11 is 0. The first kappa shape index (κ1) is 13.4. The van der Waals surface area contributed by atoms with E-state index >= 15 is 0 Å². The Bertz CT molecular complexity index is 484. The van der Waals surface area contributed by atoms with Crippen LogP contribution in [0.25, 0.3) is 0 Å². The van der Waals surface area contributed by atoms with Crippen molar-refractivity contribution in [1.82, 2.24) is 4.90 Å². The van der Waals surface area contributed by atoms with Crippen LogP contribution in [0, 0.1) is 0 Å². The van der Waals surface area contributed by atoms with E-state index in [0.29, 0.717) is 25.1 Å². The zero-order chi connectivity index (χ0) is 14.0.